The first-order chi connectivity index (χ1) is 9.62. The molecule has 2 rings (SSSR count). The van der Waals surface area contributed by atoms with E-state index in [-0.39, 0.29) is 16.3 Å². The van der Waals surface area contributed by atoms with E-state index in [9.17, 15) is 22.8 Å². The van der Waals surface area contributed by atoms with E-state index in [0.717, 1.165) is 25.2 Å². The summed E-state index contributed by atoms with van der Waals surface area (Å²) >= 11 is 5.71. The van der Waals surface area contributed by atoms with Crippen LogP contribution in [-0.2, 0) is 13.2 Å². The van der Waals surface area contributed by atoms with Crippen molar-refractivity contribution in [3.8, 4) is 5.69 Å². The quantitative estimate of drug-likeness (QED) is 0.917. The summed E-state index contributed by atoms with van der Waals surface area (Å²) in [7, 11) is 0.932. The summed E-state index contributed by atoms with van der Waals surface area (Å²) in [6, 6.07) is 3.28. The number of hydrogen-bond donors (Lipinski definition) is 1. The van der Waals surface area contributed by atoms with Gasteiger partial charge in [0, 0.05) is 7.05 Å². The molecule has 21 heavy (non-hydrogen) atoms. The Morgan fingerprint density at radius 1 is 1.38 bits per heavy atom. The fourth-order valence-electron chi connectivity index (χ4n) is 1.66. The van der Waals surface area contributed by atoms with Crippen LogP contribution in [0.1, 0.15) is 16.2 Å². The fourth-order valence-corrected chi connectivity index (χ4v) is 1.92. The van der Waals surface area contributed by atoms with Crippen molar-refractivity contribution in [1.29, 1.82) is 0 Å². The van der Waals surface area contributed by atoms with Crippen LogP contribution in [0.25, 0.3) is 5.69 Å². The van der Waals surface area contributed by atoms with E-state index in [4.69, 9.17) is 16.7 Å². The highest BCUT2D eigenvalue weighted by Crippen LogP contribution is 2.27. The number of aromatic nitrogens is 3. The van der Waals surface area contributed by atoms with Crippen LogP contribution in [0.2, 0.25) is 5.02 Å². The second-order valence-electron chi connectivity index (χ2n) is 4.04. The van der Waals surface area contributed by atoms with Gasteiger partial charge in [-0.05, 0) is 18.2 Å². The van der Waals surface area contributed by atoms with Gasteiger partial charge in [-0.2, -0.15) is 17.9 Å². The molecule has 0 fully saturated rings. The summed E-state index contributed by atoms with van der Waals surface area (Å²) in [6.45, 7) is 0. The number of carboxylic acid groups (broad SMARTS) is 1. The van der Waals surface area contributed by atoms with Crippen LogP contribution in [0.15, 0.2) is 23.0 Å². The van der Waals surface area contributed by atoms with Crippen LogP contribution in [0.3, 0.4) is 0 Å². The molecule has 0 aliphatic carbocycles. The van der Waals surface area contributed by atoms with E-state index in [2.05, 4.69) is 5.10 Å². The Morgan fingerprint density at radius 2 is 2.00 bits per heavy atom. The number of alkyl halides is 3. The molecule has 0 unspecified atom stereocenters. The zero-order valence-corrected chi connectivity index (χ0v) is 11.1. The number of benzene rings is 1. The van der Waals surface area contributed by atoms with Crippen LogP contribution in [0.4, 0.5) is 13.2 Å². The molecule has 0 bridgehead atoms. The van der Waals surface area contributed by atoms with Gasteiger partial charge < -0.3 is 5.11 Å². The standard InChI is InChI=1S/C11H7ClF3N3O3/c1-17-9(11(13,14)15)16-18(10(17)21)5-2-3-6(8(19)20)7(12)4-5/h2-4H,1H3,(H,19,20). The third-order valence-electron chi connectivity index (χ3n) is 2.66. The van der Waals surface area contributed by atoms with Crippen molar-refractivity contribution in [2.24, 2.45) is 7.05 Å². The van der Waals surface area contributed by atoms with Crippen molar-refractivity contribution in [3.05, 3.63) is 45.1 Å². The van der Waals surface area contributed by atoms with E-state index in [1.165, 1.54) is 0 Å². The second kappa shape index (κ2) is 4.92. The minimum absolute atomic E-state index is 0.0684. The van der Waals surface area contributed by atoms with Crippen LogP contribution < -0.4 is 5.69 Å². The number of halogens is 4. The van der Waals surface area contributed by atoms with Crippen LogP contribution >= 0.6 is 11.6 Å². The molecule has 2 aromatic rings. The third kappa shape index (κ3) is 2.64. The maximum atomic E-state index is 12.7. The molecule has 10 heteroatoms. The lowest BCUT2D eigenvalue weighted by molar-refractivity contribution is -0.147. The fraction of sp³-hybridized carbons (Fsp3) is 0.182. The Balaban J connectivity index is 2.61. The number of rotatable bonds is 2. The summed E-state index contributed by atoms with van der Waals surface area (Å²) in [5.41, 5.74) is -1.33. The monoisotopic (exact) mass is 321 g/mol. The molecule has 1 aromatic heterocycles. The van der Waals surface area contributed by atoms with Crippen LogP contribution in [-0.4, -0.2) is 25.4 Å². The molecule has 0 aliphatic rings. The summed E-state index contributed by atoms with van der Waals surface area (Å²) in [6.07, 6.45) is -4.79. The summed E-state index contributed by atoms with van der Waals surface area (Å²) in [5, 5.41) is 11.8. The molecule has 6 nitrogen and oxygen atoms in total. The third-order valence-corrected chi connectivity index (χ3v) is 2.97. The Kier molecular flexibility index (Phi) is 3.54. The molecule has 0 amide bonds. The van der Waals surface area contributed by atoms with E-state index in [1.54, 1.807) is 0 Å². The smallest absolute Gasteiger partial charge is 0.451 e. The highest BCUT2D eigenvalue weighted by atomic mass is 35.5. The zero-order valence-electron chi connectivity index (χ0n) is 10.3. The van der Waals surface area contributed by atoms with Crippen molar-refractivity contribution < 1.29 is 23.1 Å². The van der Waals surface area contributed by atoms with Gasteiger partial charge in [-0.1, -0.05) is 11.6 Å². The van der Waals surface area contributed by atoms with Crippen molar-refractivity contribution >= 4 is 17.6 Å². The first kappa shape index (κ1) is 15.1. The predicted molar refractivity (Wildman–Crippen MR) is 65.8 cm³/mol. The highest BCUT2D eigenvalue weighted by Gasteiger charge is 2.38. The molecular weight excluding hydrogens is 315 g/mol. The van der Waals surface area contributed by atoms with Crippen LogP contribution in [0, 0.1) is 0 Å². The molecule has 1 heterocycles. The molecule has 0 saturated carbocycles. The summed E-state index contributed by atoms with van der Waals surface area (Å²) in [5.74, 6) is -2.66. The van der Waals surface area contributed by atoms with Gasteiger partial charge in [0.2, 0.25) is 5.82 Å². The number of nitrogens with zero attached hydrogens (tertiary/aromatic N) is 3. The van der Waals surface area contributed by atoms with E-state index in [0.29, 0.717) is 9.25 Å². The Labute approximate surface area is 120 Å². The van der Waals surface area contributed by atoms with Crippen molar-refractivity contribution in [3.63, 3.8) is 0 Å². The lowest BCUT2D eigenvalue weighted by Gasteiger charge is -2.03. The van der Waals surface area contributed by atoms with Gasteiger partial charge in [-0.25, -0.2) is 9.59 Å². The number of aromatic carboxylic acids is 1. The lowest BCUT2D eigenvalue weighted by Crippen LogP contribution is -2.23. The van der Waals surface area contributed by atoms with E-state index < -0.39 is 23.7 Å². The zero-order chi connectivity index (χ0) is 15.9. The molecule has 1 aromatic carbocycles. The first-order valence-electron chi connectivity index (χ1n) is 5.39. The molecule has 112 valence electrons. The molecule has 1 N–H and O–H groups in total. The van der Waals surface area contributed by atoms with Gasteiger partial charge in [0.25, 0.3) is 0 Å². The lowest BCUT2D eigenvalue weighted by atomic mass is 10.2. The molecule has 0 spiro atoms. The maximum absolute atomic E-state index is 12.7. The SMILES string of the molecule is Cn1c(C(F)(F)F)nn(-c2ccc(C(=O)O)c(Cl)c2)c1=O. The van der Waals surface area contributed by atoms with E-state index in [1.807, 2.05) is 0 Å². The Bertz CT molecular complexity index is 779. The number of carbonyl (C=O) groups is 1. The minimum atomic E-state index is -4.79. The minimum Gasteiger partial charge on any atom is -0.478 e. The molecule has 0 saturated heterocycles. The number of hydrogen-bond acceptors (Lipinski definition) is 3. The Morgan fingerprint density at radius 3 is 2.43 bits per heavy atom. The molecule has 0 atom stereocenters. The van der Waals surface area contributed by atoms with Crippen molar-refractivity contribution in [2.45, 2.75) is 6.18 Å². The number of carboxylic acids is 1. The van der Waals surface area contributed by atoms with E-state index >= 15 is 0 Å². The normalized spacial score (nSPS) is 11.7. The molecule has 0 radical (unpaired) electrons. The molecular formula is C11H7ClF3N3O3. The summed E-state index contributed by atoms with van der Waals surface area (Å²) < 4.78 is 38.8. The van der Waals surface area contributed by atoms with Crippen molar-refractivity contribution in [2.75, 3.05) is 0 Å². The van der Waals surface area contributed by atoms with Crippen LogP contribution in [0.5, 0.6) is 0 Å². The highest BCUT2D eigenvalue weighted by molar-refractivity contribution is 6.33. The average molecular weight is 322 g/mol. The van der Waals surface area contributed by atoms with Gasteiger partial charge in [0.15, 0.2) is 0 Å². The molecule has 0 aliphatic heterocycles. The van der Waals surface area contributed by atoms with Gasteiger partial charge in [0.05, 0.1) is 16.3 Å². The Hall–Kier alpha value is -2.29. The first-order valence-corrected chi connectivity index (χ1v) is 5.77. The topological polar surface area (TPSA) is 77.1 Å². The van der Waals surface area contributed by atoms with Gasteiger partial charge >= 0.3 is 17.8 Å². The summed E-state index contributed by atoms with van der Waals surface area (Å²) in [4.78, 5) is 22.6. The predicted octanol–water partition coefficient (Wildman–Crippen LogP) is 1.94. The average Bonchev–Trinajstić information content (AvgIpc) is 2.65. The van der Waals surface area contributed by atoms with Gasteiger partial charge in [-0.3, -0.25) is 4.57 Å². The van der Waals surface area contributed by atoms with Crippen molar-refractivity contribution in [1.82, 2.24) is 14.3 Å². The maximum Gasteiger partial charge on any atom is 0.451 e. The largest absolute Gasteiger partial charge is 0.478 e. The second-order valence-corrected chi connectivity index (χ2v) is 4.45. The van der Waals surface area contributed by atoms with Gasteiger partial charge in [0.1, 0.15) is 0 Å². The van der Waals surface area contributed by atoms with Gasteiger partial charge in [-0.15, -0.1) is 5.10 Å².